The Morgan fingerprint density at radius 3 is 1.68 bits per heavy atom. The van der Waals surface area contributed by atoms with Crippen LogP contribution in [0.2, 0.25) is 5.02 Å². The van der Waals surface area contributed by atoms with Crippen LogP contribution in [0, 0.1) is 5.92 Å². The average molecular weight is 597 g/mol. The molecule has 0 aliphatic carbocycles. The van der Waals surface area contributed by atoms with Gasteiger partial charge in [-0.25, -0.2) is 0 Å². The lowest BCUT2D eigenvalue weighted by Gasteiger charge is -2.21. The lowest BCUT2D eigenvalue weighted by atomic mass is 9.85. The molecule has 0 heterocycles. The van der Waals surface area contributed by atoms with Gasteiger partial charge >= 0.3 is 24.5 Å². The third-order valence-electron chi connectivity index (χ3n) is 6.08. The first kappa shape index (κ1) is 31.3. The molecule has 0 saturated carbocycles. The summed E-state index contributed by atoms with van der Waals surface area (Å²) in [5.41, 5.74) is -4.92. The molecule has 0 aromatic heterocycles. The van der Waals surface area contributed by atoms with Crippen molar-refractivity contribution >= 4 is 17.6 Å². The Hall–Kier alpha value is -3.21. The highest BCUT2D eigenvalue weighted by molar-refractivity contribution is 6.31. The molecule has 0 radical (unpaired) electrons. The molecule has 0 aliphatic rings. The van der Waals surface area contributed by atoms with Crippen molar-refractivity contribution in [3.63, 3.8) is 0 Å². The minimum absolute atomic E-state index is 0.0123. The minimum Gasteiger partial charge on any atom is -0.469 e. The van der Waals surface area contributed by atoms with Crippen LogP contribution in [0.15, 0.2) is 54.6 Å². The van der Waals surface area contributed by atoms with E-state index in [4.69, 9.17) is 16.3 Å². The predicted molar refractivity (Wildman–Crippen MR) is 132 cm³/mol. The molecule has 2 nitrogen and oxygen atoms in total. The van der Waals surface area contributed by atoms with Gasteiger partial charge in [-0.05, 0) is 76.6 Å². The summed E-state index contributed by atoms with van der Waals surface area (Å²) in [5, 5.41) is -0.604. The van der Waals surface area contributed by atoms with Gasteiger partial charge in [-0.1, -0.05) is 43.6 Å². The van der Waals surface area contributed by atoms with Gasteiger partial charge in [-0.15, -0.1) is 0 Å². The zero-order chi connectivity index (χ0) is 30.2. The number of methoxy groups -OCH3 is 1. The van der Waals surface area contributed by atoms with Crippen molar-refractivity contribution in [2.75, 3.05) is 7.11 Å². The number of alkyl halides is 9. The van der Waals surface area contributed by atoms with Crippen molar-refractivity contribution in [1.29, 1.82) is 0 Å². The van der Waals surface area contributed by atoms with Crippen LogP contribution in [0.25, 0.3) is 22.3 Å². The molecule has 1 atom stereocenters. The predicted octanol–water partition coefficient (Wildman–Crippen LogP) is 10.0. The number of rotatable bonds is 6. The fourth-order valence-electron chi connectivity index (χ4n) is 4.21. The quantitative estimate of drug-likeness (QED) is 0.209. The van der Waals surface area contributed by atoms with E-state index in [1.807, 2.05) is 0 Å². The molecule has 0 saturated heterocycles. The highest BCUT2D eigenvalue weighted by Gasteiger charge is 2.37. The van der Waals surface area contributed by atoms with Crippen LogP contribution in [-0.2, 0) is 28.1 Å². The van der Waals surface area contributed by atoms with E-state index in [1.165, 1.54) is 18.2 Å². The number of hydrogen-bond donors (Lipinski definition) is 0. The summed E-state index contributed by atoms with van der Waals surface area (Å²) in [7, 11) is 1.11. The Morgan fingerprint density at radius 2 is 1.23 bits per heavy atom. The van der Waals surface area contributed by atoms with E-state index in [-0.39, 0.29) is 40.7 Å². The molecule has 0 fully saturated rings. The third-order valence-corrected chi connectivity index (χ3v) is 6.41. The van der Waals surface area contributed by atoms with E-state index < -0.39 is 57.7 Å². The summed E-state index contributed by atoms with van der Waals surface area (Å²) >= 11 is 5.72. The Bertz CT molecular complexity index is 1360. The number of carbonyl (C=O) groups is 1. The van der Waals surface area contributed by atoms with Gasteiger partial charge < -0.3 is 4.74 Å². The van der Waals surface area contributed by atoms with Crippen molar-refractivity contribution in [3.05, 3.63) is 81.9 Å². The van der Waals surface area contributed by atoms with Gasteiger partial charge in [0.05, 0.1) is 34.7 Å². The highest BCUT2D eigenvalue weighted by Crippen LogP contribution is 2.42. The van der Waals surface area contributed by atoms with Gasteiger partial charge in [-0.2, -0.15) is 39.5 Å². The lowest BCUT2D eigenvalue weighted by Crippen LogP contribution is -2.16. The van der Waals surface area contributed by atoms with E-state index in [2.05, 4.69) is 0 Å². The standard InChI is InChI=1S/C28H22ClF9O2/c1-14(2)6-22(25(39)40-3)19-8-16(15-4-5-24(29)23(12-15)28(36,37)38)7-17(9-19)18-10-20(26(30,31)32)13-21(11-18)27(33,34)35/h4-5,7-14,22H,6H2,1-3H3. The first-order valence-corrected chi connectivity index (χ1v) is 12.1. The second kappa shape index (κ2) is 11.3. The fourth-order valence-corrected chi connectivity index (χ4v) is 4.44. The van der Waals surface area contributed by atoms with Crippen molar-refractivity contribution in [2.45, 2.75) is 44.7 Å². The Labute approximate surface area is 228 Å². The van der Waals surface area contributed by atoms with Crippen molar-refractivity contribution in [3.8, 4) is 22.3 Å². The Balaban J connectivity index is 2.38. The second-order valence-electron chi connectivity index (χ2n) is 9.54. The van der Waals surface area contributed by atoms with Crippen LogP contribution in [0.3, 0.4) is 0 Å². The maximum Gasteiger partial charge on any atom is 0.417 e. The van der Waals surface area contributed by atoms with Gasteiger partial charge in [0.1, 0.15) is 0 Å². The van der Waals surface area contributed by atoms with Gasteiger partial charge in [-0.3, -0.25) is 4.79 Å². The van der Waals surface area contributed by atoms with Crippen LogP contribution >= 0.6 is 11.6 Å². The molecule has 1 unspecified atom stereocenters. The van der Waals surface area contributed by atoms with Crippen LogP contribution in [0.5, 0.6) is 0 Å². The summed E-state index contributed by atoms with van der Waals surface area (Å²) in [6.07, 6.45) is -14.9. The van der Waals surface area contributed by atoms with E-state index >= 15 is 0 Å². The van der Waals surface area contributed by atoms with Crippen molar-refractivity contribution < 1.29 is 49.0 Å². The number of esters is 1. The first-order chi connectivity index (χ1) is 18.3. The summed E-state index contributed by atoms with van der Waals surface area (Å²) in [6.45, 7) is 3.55. The molecular weight excluding hydrogens is 575 g/mol. The zero-order valence-electron chi connectivity index (χ0n) is 21.2. The highest BCUT2D eigenvalue weighted by atomic mass is 35.5. The molecule has 0 spiro atoms. The molecule has 3 rings (SSSR count). The first-order valence-electron chi connectivity index (χ1n) is 11.7. The van der Waals surface area contributed by atoms with Gasteiger partial charge in [0.25, 0.3) is 0 Å². The molecule has 3 aromatic rings. The van der Waals surface area contributed by atoms with E-state index in [0.717, 1.165) is 19.2 Å². The largest absolute Gasteiger partial charge is 0.469 e. The Morgan fingerprint density at radius 1 is 0.725 bits per heavy atom. The second-order valence-corrected chi connectivity index (χ2v) is 9.94. The summed E-state index contributed by atoms with van der Waals surface area (Å²) in [4.78, 5) is 12.7. The molecule has 0 N–H and O–H groups in total. The van der Waals surface area contributed by atoms with E-state index in [0.29, 0.717) is 18.2 Å². The van der Waals surface area contributed by atoms with Crippen LogP contribution in [-0.4, -0.2) is 13.1 Å². The number of ether oxygens (including phenoxy) is 1. The number of benzene rings is 3. The van der Waals surface area contributed by atoms with Crippen molar-refractivity contribution in [2.24, 2.45) is 5.92 Å². The number of hydrogen-bond acceptors (Lipinski definition) is 2. The van der Waals surface area contributed by atoms with Crippen molar-refractivity contribution in [1.82, 2.24) is 0 Å². The maximum absolute atomic E-state index is 13.5. The normalized spacial score (nSPS) is 13.4. The SMILES string of the molecule is COC(=O)C(CC(C)C)c1cc(-c2cc(C(F)(F)F)cc(C(F)(F)F)c2)cc(-c2ccc(Cl)c(C(F)(F)F)c2)c1. The van der Waals surface area contributed by atoms with E-state index in [1.54, 1.807) is 13.8 Å². The monoisotopic (exact) mass is 596 g/mol. The molecule has 12 heteroatoms. The van der Waals surface area contributed by atoms with Crippen LogP contribution in [0.1, 0.15) is 48.4 Å². The zero-order valence-corrected chi connectivity index (χ0v) is 21.9. The van der Waals surface area contributed by atoms with Gasteiger partial charge in [0.15, 0.2) is 0 Å². The maximum atomic E-state index is 13.5. The summed E-state index contributed by atoms with van der Waals surface area (Å²) < 4.78 is 127. The molecule has 0 amide bonds. The molecule has 216 valence electrons. The van der Waals surface area contributed by atoms with E-state index in [9.17, 15) is 44.3 Å². The topological polar surface area (TPSA) is 26.3 Å². The molecule has 0 bridgehead atoms. The Kier molecular flexibility index (Phi) is 8.88. The molecular formula is C28H22ClF9O2. The van der Waals surface area contributed by atoms with Crippen LogP contribution < -0.4 is 0 Å². The smallest absolute Gasteiger partial charge is 0.417 e. The molecule has 3 aromatic carbocycles. The van der Waals surface area contributed by atoms with Gasteiger partial charge in [0.2, 0.25) is 0 Å². The lowest BCUT2D eigenvalue weighted by molar-refractivity contribution is -0.144. The summed E-state index contributed by atoms with van der Waals surface area (Å²) in [6, 6.07) is 7.67. The minimum atomic E-state index is -5.12. The number of carbonyl (C=O) groups excluding carboxylic acids is 1. The molecule has 0 aliphatic heterocycles. The third kappa shape index (κ3) is 7.30. The molecule has 40 heavy (non-hydrogen) atoms. The fraction of sp³-hybridized carbons (Fsp3) is 0.321. The van der Waals surface area contributed by atoms with Crippen LogP contribution in [0.4, 0.5) is 39.5 Å². The summed E-state index contributed by atoms with van der Waals surface area (Å²) in [5.74, 6) is -1.84. The average Bonchev–Trinajstić information content (AvgIpc) is 2.84. The number of halogens is 10. The van der Waals surface area contributed by atoms with Gasteiger partial charge in [0, 0.05) is 0 Å².